The highest BCUT2D eigenvalue weighted by atomic mass is 32.1. The van der Waals surface area contributed by atoms with E-state index in [0.29, 0.717) is 6.04 Å². The molecule has 0 aliphatic carbocycles. The van der Waals surface area contributed by atoms with E-state index in [-0.39, 0.29) is 0 Å². The number of hydrogen-bond donors (Lipinski definition) is 1. The summed E-state index contributed by atoms with van der Waals surface area (Å²) in [7, 11) is 0. The molecule has 106 valence electrons. The van der Waals surface area contributed by atoms with Crippen LogP contribution in [0.1, 0.15) is 29.1 Å². The van der Waals surface area contributed by atoms with Gasteiger partial charge in [0.25, 0.3) is 0 Å². The van der Waals surface area contributed by atoms with Crippen molar-refractivity contribution in [2.75, 3.05) is 18.5 Å². The lowest BCUT2D eigenvalue weighted by Gasteiger charge is -2.15. The van der Waals surface area contributed by atoms with Crippen LogP contribution in [0.2, 0.25) is 0 Å². The molecule has 0 saturated heterocycles. The summed E-state index contributed by atoms with van der Waals surface area (Å²) >= 11 is 1.83. The number of thiophene rings is 1. The average molecular weight is 289 g/mol. The fourth-order valence-electron chi connectivity index (χ4n) is 2.26. The Morgan fingerprint density at radius 3 is 2.65 bits per heavy atom. The number of aryl methyl sites for hydroxylation is 1. The van der Waals surface area contributed by atoms with Gasteiger partial charge in [0.15, 0.2) is 11.5 Å². The van der Waals surface area contributed by atoms with Gasteiger partial charge in [-0.2, -0.15) is 0 Å². The summed E-state index contributed by atoms with van der Waals surface area (Å²) in [6, 6.07) is 10.7. The number of rotatable bonds is 3. The van der Waals surface area contributed by atoms with Crippen molar-refractivity contribution >= 4 is 17.0 Å². The molecule has 0 fully saturated rings. The quantitative estimate of drug-likeness (QED) is 0.909. The number of nitrogens with one attached hydrogen (secondary N) is 1. The maximum absolute atomic E-state index is 5.72. The van der Waals surface area contributed by atoms with Crippen LogP contribution in [0.25, 0.3) is 0 Å². The van der Waals surface area contributed by atoms with Crippen LogP contribution in [0.4, 0.5) is 5.69 Å². The second-order valence-corrected chi connectivity index (χ2v) is 6.35. The Morgan fingerprint density at radius 2 is 1.90 bits per heavy atom. The number of fused-ring (bicyclic) bond motifs is 1. The third kappa shape index (κ3) is 2.90. The normalized spacial score (nSPS) is 15.5. The van der Waals surface area contributed by atoms with Crippen molar-refractivity contribution in [3.8, 4) is 11.5 Å². The SMILES string of the molecule is Cc1ccc(C(C)Nc2ccc3c(c2)OCCCO3)s1. The Kier molecular flexibility index (Phi) is 3.83. The molecule has 0 bridgehead atoms. The van der Waals surface area contributed by atoms with Gasteiger partial charge in [0.2, 0.25) is 0 Å². The van der Waals surface area contributed by atoms with Crippen molar-refractivity contribution in [2.24, 2.45) is 0 Å². The standard InChI is InChI=1S/C16H19NO2S/c1-11-4-7-16(20-11)12(2)17-13-5-6-14-15(10-13)19-9-3-8-18-14/h4-7,10,12,17H,3,8-9H2,1-2H3. The van der Waals surface area contributed by atoms with Gasteiger partial charge in [-0.25, -0.2) is 0 Å². The summed E-state index contributed by atoms with van der Waals surface area (Å²) in [5, 5.41) is 3.52. The molecule has 0 saturated carbocycles. The van der Waals surface area contributed by atoms with Gasteiger partial charge in [0.1, 0.15) is 0 Å². The molecule has 1 aliphatic heterocycles. The Balaban J connectivity index is 1.76. The number of anilines is 1. The molecule has 1 N–H and O–H groups in total. The highest BCUT2D eigenvalue weighted by Crippen LogP contribution is 2.34. The Hall–Kier alpha value is -1.68. The van der Waals surface area contributed by atoms with E-state index in [4.69, 9.17) is 9.47 Å². The summed E-state index contributed by atoms with van der Waals surface area (Å²) in [5.74, 6) is 1.68. The lowest BCUT2D eigenvalue weighted by atomic mass is 10.2. The lowest BCUT2D eigenvalue weighted by Crippen LogP contribution is -2.05. The van der Waals surface area contributed by atoms with Crippen molar-refractivity contribution < 1.29 is 9.47 Å². The highest BCUT2D eigenvalue weighted by molar-refractivity contribution is 7.12. The van der Waals surface area contributed by atoms with Crippen LogP contribution in [0.3, 0.4) is 0 Å². The molecule has 0 radical (unpaired) electrons. The number of benzene rings is 1. The van der Waals surface area contributed by atoms with E-state index in [0.717, 1.165) is 36.8 Å². The zero-order valence-electron chi connectivity index (χ0n) is 11.8. The lowest BCUT2D eigenvalue weighted by molar-refractivity contribution is 0.297. The average Bonchev–Trinajstić information content (AvgIpc) is 2.74. The van der Waals surface area contributed by atoms with Crippen LogP contribution in [-0.2, 0) is 0 Å². The Labute approximate surface area is 123 Å². The molecule has 1 aromatic heterocycles. The third-order valence-electron chi connectivity index (χ3n) is 3.32. The van der Waals surface area contributed by atoms with Gasteiger partial charge >= 0.3 is 0 Å². The molecule has 1 aliphatic rings. The maximum Gasteiger partial charge on any atom is 0.163 e. The molecular formula is C16H19NO2S. The predicted octanol–water partition coefficient (Wildman–Crippen LogP) is 4.39. The van der Waals surface area contributed by atoms with Gasteiger partial charge in [-0.15, -0.1) is 11.3 Å². The minimum absolute atomic E-state index is 0.290. The molecule has 20 heavy (non-hydrogen) atoms. The minimum Gasteiger partial charge on any atom is -0.490 e. The summed E-state index contributed by atoms with van der Waals surface area (Å²) < 4.78 is 11.4. The summed E-state index contributed by atoms with van der Waals surface area (Å²) in [4.78, 5) is 2.68. The smallest absolute Gasteiger partial charge is 0.163 e. The number of hydrogen-bond acceptors (Lipinski definition) is 4. The van der Waals surface area contributed by atoms with Crippen LogP contribution in [-0.4, -0.2) is 13.2 Å². The first-order chi connectivity index (χ1) is 9.72. The van der Waals surface area contributed by atoms with Gasteiger partial charge in [0.05, 0.1) is 19.3 Å². The van der Waals surface area contributed by atoms with E-state index < -0.39 is 0 Å². The second kappa shape index (κ2) is 5.75. The molecule has 3 rings (SSSR count). The van der Waals surface area contributed by atoms with E-state index >= 15 is 0 Å². The summed E-state index contributed by atoms with van der Waals surface area (Å²) in [6.07, 6.45) is 0.933. The van der Waals surface area contributed by atoms with Crippen molar-refractivity contribution in [3.05, 3.63) is 40.1 Å². The van der Waals surface area contributed by atoms with Gasteiger partial charge < -0.3 is 14.8 Å². The van der Waals surface area contributed by atoms with Gasteiger partial charge in [-0.05, 0) is 38.1 Å². The topological polar surface area (TPSA) is 30.5 Å². The highest BCUT2D eigenvalue weighted by Gasteiger charge is 2.12. The van der Waals surface area contributed by atoms with Crippen molar-refractivity contribution in [1.29, 1.82) is 0 Å². The molecule has 1 aromatic carbocycles. The van der Waals surface area contributed by atoms with Crippen LogP contribution >= 0.6 is 11.3 Å². The first-order valence-electron chi connectivity index (χ1n) is 6.95. The van der Waals surface area contributed by atoms with Gasteiger partial charge in [0, 0.05) is 27.9 Å². The molecule has 4 heteroatoms. The molecule has 0 spiro atoms. The van der Waals surface area contributed by atoms with Crippen molar-refractivity contribution in [1.82, 2.24) is 0 Å². The zero-order chi connectivity index (χ0) is 13.9. The first-order valence-corrected chi connectivity index (χ1v) is 7.76. The largest absolute Gasteiger partial charge is 0.490 e. The molecule has 1 atom stereocenters. The number of ether oxygens (including phenoxy) is 2. The second-order valence-electron chi connectivity index (χ2n) is 5.03. The zero-order valence-corrected chi connectivity index (χ0v) is 12.6. The summed E-state index contributed by atoms with van der Waals surface area (Å²) in [6.45, 7) is 5.75. The Bertz CT molecular complexity index is 594. The van der Waals surface area contributed by atoms with Gasteiger partial charge in [-0.1, -0.05) is 0 Å². The monoisotopic (exact) mass is 289 g/mol. The van der Waals surface area contributed by atoms with E-state index in [1.165, 1.54) is 9.75 Å². The fourth-order valence-corrected chi connectivity index (χ4v) is 3.14. The van der Waals surface area contributed by atoms with Crippen LogP contribution in [0.15, 0.2) is 30.3 Å². The predicted molar refractivity (Wildman–Crippen MR) is 83.1 cm³/mol. The van der Waals surface area contributed by atoms with Crippen LogP contribution in [0, 0.1) is 6.92 Å². The maximum atomic E-state index is 5.72. The van der Waals surface area contributed by atoms with Crippen LogP contribution < -0.4 is 14.8 Å². The third-order valence-corrected chi connectivity index (χ3v) is 4.50. The van der Waals surface area contributed by atoms with Gasteiger partial charge in [-0.3, -0.25) is 0 Å². The first kappa shape index (κ1) is 13.3. The fraction of sp³-hybridized carbons (Fsp3) is 0.375. The molecule has 1 unspecified atom stereocenters. The van der Waals surface area contributed by atoms with E-state index in [9.17, 15) is 0 Å². The minimum atomic E-state index is 0.290. The van der Waals surface area contributed by atoms with Crippen molar-refractivity contribution in [3.63, 3.8) is 0 Å². The molecule has 3 nitrogen and oxygen atoms in total. The molecular weight excluding hydrogens is 270 g/mol. The Morgan fingerprint density at radius 1 is 1.10 bits per heavy atom. The van der Waals surface area contributed by atoms with Crippen LogP contribution in [0.5, 0.6) is 11.5 Å². The molecule has 2 aromatic rings. The molecule has 0 amide bonds. The van der Waals surface area contributed by atoms with E-state index in [1.807, 2.05) is 29.5 Å². The molecule has 2 heterocycles. The van der Waals surface area contributed by atoms with Crippen molar-refractivity contribution in [2.45, 2.75) is 26.3 Å². The van der Waals surface area contributed by atoms with E-state index in [1.54, 1.807) is 0 Å². The summed E-state index contributed by atoms with van der Waals surface area (Å²) in [5.41, 5.74) is 1.06. The van der Waals surface area contributed by atoms with E-state index in [2.05, 4.69) is 31.3 Å².